The predicted molar refractivity (Wildman–Crippen MR) is 227 cm³/mol. The van der Waals surface area contributed by atoms with E-state index >= 15 is 0 Å². The van der Waals surface area contributed by atoms with Gasteiger partial charge in [-0.15, -0.1) is 0 Å². The fourth-order valence-electron chi connectivity index (χ4n) is 6.99. The number of unbranched alkanes of at least 4 members (excludes halogenated alkanes) is 1. The Hall–Kier alpha value is -6.28. The van der Waals surface area contributed by atoms with Crippen LogP contribution in [0.25, 0.3) is 21.8 Å². The molecule has 0 bridgehead atoms. The standard InChI is InChI=1S/C45H53N9O4/c46-36(26-32-28-51-38-20-9-7-18-34(32)38)42(55)53-40(30-14-3-1-4-15-30)44(57)49-24-12-11-22-48-23-13-25-50-45(58)41(31-16-5-2-6-17-31)54-43(56)37(47)27-33-29-52-39-21-10-8-19-35(33)39/h1-10,14-21,28-29,36-37,40-41,48,51-52H,11-13,22-27,46-47H2,(H,49,57)(H,50,58)(H,53,55)(H,54,56)/t36-,37-,40-,41-/m0/s1. The minimum Gasteiger partial charge on any atom is -0.361 e. The van der Waals surface area contributed by atoms with Gasteiger partial charge in [-0.1, -0.05) is 97.1 Å². The van der Waals surface area contributed by atoms with Gasteiger partial charge in [0.1, 0.15) is 12.1 Å². The van der Waals surface area contributed by atoms with Gasteiger partial charge in [-0.2, -0.15) is 0 Å². The Morgan fingerprint density at radius 2 is 0.879 bits per heavy atom. The number of aromatic nitrogens is 2. The summed E-state index contributed by atoms with van der Waals surface area (Å²) in [5, 5.41) is 17.1. The number of hydrogen-bond acceptors (Lipinski definition) is 7. The van der Waals surface area contributed by atoms with E-state index in [1.807, 2.05) is 109 Å². The number of para-hydroxylation sites is 2. The molecule has 2 heterocycles. The van der Waals surface area contributed by atoms with Crippen molar-refractivity contribution in [2.24, 2.45) is 11.5 Å². The Labute approximate surface area is 338 Å². The third kappa shape index (κ3) is 11.2. The van der Waals surface area contributed by atoms with Crippen LogP contribution in [-0.2, 0) is 32.0 Å². The minimum atomic E-state index is -0.886. The molecule has 0 spiro atoms. The summed E-state index contributed by atoms with van der Waals surface area (Å²) in [6.07, 6.45) is 6.60. The van der Waals surface area contributed by atoms with Crippen molar-refractivity contribution >= 4 is 45.4 Å². The van der Waals surface area contributed by atoms with Crippen LogP contribution in [0, 0.1) is 0 Å². The van der Waals surface area contributed by atoms with E-state index < -0.39 is 36.0 Å². The average Bonchev–Trinajstić information content (AvgIpc) is 3.86. The van der Waals surface area contributed by atoms with Gasteiger partial charge in [0, 0.05) is 47.3 Å². The molecule has 302 valence electrons. The second kappa shape index (κ2) is 20.8. The lowest BCUT2D eigenvalue weighted by Crippen LogP contribution is -2.48. The first-order valence-electron chi connectivity index (χ1n) is 19.9. The molecule has 4 amide bonds. The maximum atomic E-state index is 13.3. The lowest BCUT2D eigenvalue weighted by atomic mass is 10.0. The summed E-state index contributed by atoms with van der Waals surface area (Å²) in [6, 6.07) is 30.5. The minimum absolute atomic E-state index is 0.302. The molecule has 11 N–H and O–H groups in total. The number of amides is 4. The van der Waals surface area contributed by atoms with Crippen LogP contribution in [0.15, 0.2) is 122 Å². The Morgan fingerprint density at radius 1 is 0.483 bits per heavy atom. The van der Waals surface area contributed by atoms with Gasteiger partial charge in [0.2, 0.25) is 23.6 Å². The first kappa shape index (κ1) is 41.4. The van der Waals surface area contributed by atoms with E-state index in [-0.39, 0.29) is 11.8 Å². The number of hydrogen-bond donors (Lipinski definition) is 9. The number of nitrogens with two attached hydrogens (primary N) is 2. The third-order valence-corrected chi connectivity index (χ3v) is 10.2. The summed E-state index contributed by atoms with van der Waals surface area (Å²) in [7, 11) is 0. The van der Waals surface area contributed by atoms with E-state index in [9.17, 15) is 19.2 Å². The topological polar surface area (TPSA) is 212 Å². The van der Waals surface area contributed by atoms with Crippen LogP contribution < -0.4 is 38.1 Å². The Balaban J connectivity index is 0.888. The molecule has 4 atom stereocenters. The highest BCUT2D eigenvalue weighted by molar-refractivity contribution is 5.92. The van der Waals surface area contributed by atoms with Crippen LogP contribution in [0.5, 0.6) is 0 Å². The fourth-order valence-corrected chi connectivity index (χ4v) is 6.99. The second-order valence-electron chi connectivity index (χ2n) is 14.4. The maximum Gasteiger partial charge on any atom is 0.247 e. The molecule has 0 aliphatic carbocycles. The number of benzene rings is 4. The number of aromatic amines is 2. The van der Waals surface area contributed by atoms with Gasteiger partial charge in [-0.05, 0) is 79.6 Å². The molecule has 13 nitrogen and oxygen atoms in total. The van der Waals surface area contributed by atoms with Gasteiger partial charge in [0.05, 0.1) is 12.1 Å². The molecule has 0 saturated heterocycles. The summed E-state index contributed by atoms with van der Waals surface area (Å²) < 4.78 is 0. The van der Waals surface area contributed by atoms with Gasteiger partial charge in [-0.3, -0.25) is 19.2 Å². The number of H-pyrrole nitrogens is 2. The van der Waals surface area contributed by atoms with Gasteiger partial charge < -0.3 is 48.0 Å². The molecule has 0 saturated carbocycles. The molecule has 2 aromatic heterocycles. The van der Waals surface area contributed by atoms with Gasteiger partial charge in [0.15, 0.2) is 0 Å². The molecule has 6 rings (SSSR count). The number of rotatable bonds is 21. The number of nitrogens with one attached hydrogen (secondary N) is 7. The molecular formula is C45H53N9O4. The van der Waals surface area contributed by atoms with Crippen molar-refractivity contribution in [3.05, 3.63) is 144 Å². The lowest BCUT2D eigenvalue weighted by Gasteiger charge is -2.21. The molecule has 0 fully saturated rings. The van der Waals surface area contributed by atoms with Crippen LogP contribution in [0.2, 0.25) is 0 Å². The van der Waals surface area contributed by atoms with Crippen molar-refractivity contribution in [3.8, 4) is 0 Å². The largest absolute Gasteiger partial charge is 0.361 e. The fraction of sp³-hybridized carbons (Fsp3) is 0.289. The van der Waals surface area contributed by atoms with E-state index in [1.165, 1.54) is 0 Å². The summed E-state index contributed by atoms with van der Waals surface area (Å²) in [5.74, 6) is -1.43. The third-order valence-electron chi connectivity index (χ3n) is 10.2. The number of carbonyl (C=O) groups is 4. The van der Waals surface area contributed by atoms with Crippen molar-refractivity contribution in [2.75, 3.05) is 26.2 Å². The SMILES string of the molecule is N[C@@H](Cc1c[nH]c2ccccc12)C(=O)N[C@H](C(=O)NCCCCNCCCNC(=O)[C@@H](NC(=O)[C@@H](N)Cc1c[nH]c2ccccc12)c1ccccc1)c1ccccc1. The summed E-state index contributed by atoms with van der Waals surface area (Å²) in [5.41, 5.74) is 17.8. The van der Waals surface area contributed by atoms with Crippen molar-refractivity contribution in [1.82, 2.24) is 36.6 Å². The smallest absolute Gasteiger partial charge is 0.247 e. The molecule has 0 aliphatic rings. The van der Waals surface area contributed by atoms with Crippen LogP contribution in [0.1, 0.15) is 53.6 Å². The second-order valence-corrected chi connectivity index (χ2v) is 14.4. The maximum absolute atomic E-state index is 13.3. The molecule has 0 aliphatic heterocycles. The van der Waals surface area contributed by atoms with E-state index in [4.69, 9.17) is 11.5 Å². The highest BCUT2D eigenvalue weighted by Crippen LogP contribution is 2.21. The molecule has 0 unspecified atom stereocenters. The van der Waals surface area contributed by atoms with E-state index in [2.05, 4.69) is 36.6 Å². The van der Waals surface area contributed by atoms with Gasteiger partial charge in [0.25, 0.3) is 0 Å². The van der Waals surface area contributed by atoms with Crippen molar-refractivity contribution < 1.29 is 19.2 Å². The molecule has 13 heteroatoms. The Bertz CT molecular complexity index is 2100. The highest BCUT2D eigenvalue weighted by Gasteiger charge is 2.27. The van der Waals surface area contributed by atoms with Crippen LogP contribution >= 0.6 is 0 Å². The quantitative estimate of drug-likeness (QED) is 0.0493. The predicted octanol–water partition coefficient (Wildman–Crippen LogP) is 3.80. The van der Waals surface area contributed by atoms with Gasteiger partial charge in [-0.25, -0.2) is 0 Å². The van der Waals surface area contributed by atoms with Crippen molar-refractivity contribution in [1.29, 1.82) is 0 Å². The molecule has 4 aromatic carbocycles. The number of fused-ring (bicyclic) bond motifs is 2. The first-order chi connectivity index (χ1) is 28.3. The van der Waals surface area contributed by atoms with Crippen molar-refractivity contribution in [2.45, 2.75) is 56.3 Å². The Morgan fingerprint density at radius 3 is 1.36 bits per heavy atom. The highest BCUT2D eigenvalue weighted by atomic mass is 16.2. The Kier molecular flexibility index (Phi) is 14.8. The van der Waals surface area contributed by atoms with Crippen LogP contribution in [-0.4, -0.2) is 71.9 Å². The number of carbonyl (C=O) groups excluding carboxylic acids is 4. The normalized spacial score (nSPS) is 13.3. The molecule has 6 aromatic rings. The summed E-state index contributed by atoms with van der Waals surface area (Å²) >= 11 is 0. The zero-order valence-corrected chi connectivity index (χ0v) is 32.5. The van der Waals surface area contributed by atoms with E-state index in [1.54, 1.807) is 12.1 Å². The van der Waals surface area contributed by atoms with Gasteiger partial charge >= 0.3 is 0 Å². The molecule has 58 heavy (non-hydrogen) atoms. The summed E-state index contributed by atoms with van der Waals surface area (Å²) in [6.45, 7) is 2.25. The monoisotopic (exact) mass is 783 g/mol. The molecular weight excluding hydrogens is 731 g/mol. The van der Waals surface area contributed by atoms with Crippen molar-refractivity contribution in [3.63, 3.8) is 0 Å². The van der Waals surface area contributed by atoms with Crippen LogP contribution in [0.3, 0.4) is 0 Å². The summed E-state index contributed by atoms with van der Waals surface area (Å²) in [4.78, 5) is 59.5. The average molecular weight is 784 g/mol. The first-order valence-corrected chi connectivity index (χ1v) is 19.9. The van der Waals surface area contributed by atoms with E-state index in [0.717, 1.165) is 52.3 Å². The van der Waals surface area contributed by atoms with E-state index in [0.29, 0.717) is 50.0 Å². The zero-order chi connectivity index (χ0) is 40.7. The lowest BCUT2D eigenvalue weighted by molar-refractivity contribution is -0.129. The van der Waals surface area contributed by atoms with Crippen LogP contribution in [0.4, 0.5) is 0 Å². The molecule has 0 radical (unpaired) electrons. The zero-order valence-electron chi connectivity index (χ0n) is 32.5.